The largest absolute Gasteiger partial charge is 0.505 e. The van der Waals surface area contributed by atoms with Crippen LogP contribution in [0.4, 0.5) is 0 Å². The molecule has 1 aromatic heterocycles. The van der Waals surface area contributed by atoms with Crippen LogP contribution in [-0.4, -0.2) is 21.4 Å². The first-order chi connectivity index (χ1) is 11.4. The Kier molecular flexibility index (Phi) is 6.10. The van der Waals surface area contributed by atoms with Crippen LogP contribution in [-0.2, 0) is 13.0 Å². The number of aromatic nitrogens is 1. The number of rotatable bonds is 6. The highest BCUT2D eigenvalue weighted by Crippen LogP contribution is 2.24. The highest BCUT2D eigenvalue weighted by atomic mass is 16.3. The maximum atomic E-state index is 10.1. The summed E-state index contributed by atoms with van der Waals surface area (Å²) in [5.74, 6) is 0.714. The summed E-state index contributed by atoms with van der Waals surface area (Å²) in [5.41, 5.74) is 4.08. The third kappa shape index (κ3) is 4.42. The highest BCUT2D eigenvalue weighted by Gasteiger charge is 2.10. The van der Waals surface area contributed by atoms with E-state index in [1.165, 1.54) is 5.56 Å². The maximum absolute atomic E-state index is 10.1. The zero-order valence-electron chi connectivity index (χ0n) is 14.8. The van der Waals surface area contributed by atoms with Crippen LogP contribution in [0.15, 0.2) is 35.5 Å². The molecule has 0 aliphatic rings. The molecule has 4 nitrogen and oxygen atoms in total. The van der Waals surface area contributed by atoms with E-state index in [0.717, 1.165) is 12.0 Å². The molecular weight excluding hydrogens is 300 g/mol. The quantitative estimate of drug-likeness (QED) is 0.790. The van der Waals surface area contributed by atoms with Gasteiger partial charge < -0.3 is 10.2 Å². The van der Waals surface area contributed by atoms with Crippen molar-refractivity contribution in [3.8, 4) is 5.75 Å². The monoisotopic (exact) mass is 326 g/mol. The average molecular weight is 326 g/mol. The zero-order chi connectivity index (χ0) is 17.7. The summed E-state index contributed by atoms with van der Waals surface area (Å²) in [4.78, 5) is 8.60. The highest BCUT2D eigenvalue weighted by molar-refractivity contribution is 5.85. The molecule has 128 valence electrons. The van der Waals surface area contributed by atoms with Crippen LogP contribution in [0.2, 0.25) is 0 Å². The fraction of sp³-hybridized carbons (Fsp3) is 0.400. The van der Waals surface area contributed by atoms with E-state index in [9.17, 15) is 10.2 Å². The Hall–Kier alpha value is -2.20. The summed E-state index contributed by atoms with van der Waals surface area (Å²) in [6.07, 6.45) is 4.27. The van der Waals surface area contributed by atoms with Gasteiger partial charge >= 0.3 is 0 Å². The Bertz CT molecular complexity index is 706. The van der Waals surface area contributed by atoms with Gasteiger partial charge in [0.25, 0.3) is 0 Å². The minimum atomic E-state index is -0.180. The summed E-state index contributed by atoms with van der Waals surface area (Å²) < 4.78 is 0. The summed E-state index contributed by atoms with van der Waals surface area (Å²) >= 11 is 0. The van der Waals surface area contributed by atoms with Crippen LogP contribution in [0.1, 0.15) is 54.8 Å². The van der Waals surface area contributed by atoms with E-state index in [1.807, 2.05) is 6.92 Å². The van der Waals surface area contributed by atoms with Crippen molar-refractivity contribution in [2.75, 3.05) is 0 Å². The van der Waals surface area contributed by atoms with Crippen molar-refractivity contribution >= 4 is 6.21 Å². The van der Waals surface area contributed by atoms with Gasteiger partial charge in [0, 0.05) is 23.5 Å². The van der Waals surface area contributed by atoms with Gasteiger partial charge in [-0.1, -0.05) is 38.1 Å². The van der Waals surface area contributed by atoms with Gasteiger partial charge in [-0.05, 0) is 37.3 Å². The molecule has 0 saturated carbocycles. The number of aliphatic hydroxyl groups excluding tert-OH is 1. The van der Waals surface area contributed by atoms with Crippen LogP contribution < -0.4 is 0 Å². The van der Waals surface area contributed by atoms with E-state index < -0.39 is 0 Å². The number of nitrogens with zero attached hydrogens (tertiary/aromatic N) is 2. The molecule has 4 heteroatoms. The van der Waals surface area contributed by atoms with E-state index in [4.69, 9.17) is 0 Å². The lowest BCUT2D eigenvalue weighted by atomic mass is 10.00. The smallest absolute Gasteiger partial charge is 0.145 e. The number of pyridine rings is 1. The molecule has 1 atom stereocenters. The van der Waals surface area contributed by atoms with Gasteiger partial charge in [0.05, 0.1) is 18.3 Å². The molecular formula is C20H26N2O2. The van der Waals surface area contributed by atoms with Crippen molar-refractivity contribution in [3.05, 3.63) is 58.4 Å². The molecule has 0 aliphatic heterocycles. The fourth-order valence-electron chi connectivity index (χ4n) is 2.60. The molecule has 0 bridgehead atoms. The summed E-state index contributed by atoms with van der Waals surface area (Å²) in [6.45, 7) is 7.98. The van der Waals surface area contributed by atoms with Crippen LogP contribution in [0, 0.1) is 12.8 Å². The number of aromatic hydroxyl groups is 1. The van der Waals surface area contributed by atoms with Gasteiger partial charge in [-0.2, -0.15) is 0 Å². The van der Waals surface area contributed by atoms with E-state index >= 15 is 0 Å². The molecule has 0 unspecified atom stereocenters. The Morgan fingerprint density at radius 1 is 1.17 bits per heavy atom. The van der Waals surface area contributed by atoms with Crippen molar-refractivity contribution in [1.29, 1.82) is 0 Å². The molecule has 2 aromatic rings. The second-order valence-corrected chi connectivity index (χ2v) is 6.58. The third-order valence-electron chi connectivity index (χ3n) is 4.06. The number of aliphatic hydroxyl groups is 1. The number of hydrogen-bond acceptors (Lipinski definition) is 4. The Morgan fingerprint density at radius 2 is 1.83 bits per heavy atom. The average Bonchev–Trinajstić information content (AvgIpc) is 2.56. The molecule has 0 radical (unpaired) electrons. The number of aliphatic imine (C=N–C) groups is 1. The van der Waals surface area contributed by atoms with E-state index in [1.54, 1.807) is 19.3 Å². The van der Waals surface area contributed by atoms with Crippen molar-refractivity contribution < 1.29 is 10.2 Å². The first kappa shape index (κ1) is 18.1. The molecule has 0 spiro atoms. The lowest BCUT2D eigenvalue weighted by Gasteiger charge is -2.11. The predicted octanol–water partition coefficient (Wildman–Crippen LogP) is 3.97. The lowest BCUT2D eigenvalue weighted by Crippen LogP contribution is -1.99. The van der Waals surface area contributed by atoms with Crippen LogP contribution in [0.3, 0.4) is 0 Å². The Labute approximate surface area is 143 Å². The molecule has 2 rings (SSSR count). The van der Waals surface area contributed by atoms with Crippen LogP contribution in [0.5, 0.6) is 5.75 Å². The lowest BCUT2D eigenvalue weighted by molar-refractivity contribution is 0.280. The van der Waals surface area contributed by atoms with E-state index in [2.05, 4.69) is 48.1 Å². The predicted molar refractivity (Wildman–Crippen MR) is 97.6 cm³/mol. The van der Waals surface area contributed by atoms with Crippen molar-refractivity contribution in [1.82, 2.24) is 4.98 Å². The van der Waals surface area contributed by atoms with Gasteiger partial charge in [-0.15, -0.1) is 0 Å². The SMILES string of the molecule is Cc1ncc(CO)c(C=N[C@H](C)c2ccc(CC(C)C)cc2)c1O. The molecule has 1 aromatic carbocycles. The van der Waals surface area contributed by atoms with E-state index in [-0.39, 0.29) is 18.4 Å². The minimum Gasteiger partial charge on any atom is -0.505 e. The van der Waals surface area contributed by atoms with Crippen LogP contribution >= 0.6 is 0 Å². The molecule has 0 saturated heterocycles. The van der Waals surface area contributed by atoms with Crippen LogP contribution in [0.25, 0.3) is 0 Å². The van der Waals surface area contributed by atoms with Crippen molar-refractivity contribution in [2.45, 2.75) is 46.8 Å². The van der Waals surface area contributed by atoms with Gasteiger partial charge in [-0.3, -0.25) is 9.98 Å². The maximum Gasteiger partial charge on any atom is 0.145 e. The molecule has 24 heavy (non-hydrogen) atoms. The summed E-state index contributed by atoms with van der Waals surface area (Å²) in [5, 5.41) is 19.6. The Morgan fingerprint density at radius 3 is 2.42 bits per heavy atom. The third-order valence-corrected chi connectivity index (χ3v) is 4.06. The van der Waals surface area contributed by atoms with Gasteiger partial charge in [0.1, 0.15) is 5.75 Å². The van der Waals surface area contributed by atoms with E-state index in [0.29, 0.717) is 22.7 Å². The normalized spacial score (nSPS) is 12.9. The number of hydrogen-bond donors (Lipinski definition) is 2. The van der Waals surface area contributed by atoms with Crippen molar-refractivity contribution in [3.63, 3.8) is 0 Å². The first-order valence-corrected chi connectivity index (χ1v) is 8.32. The van der Waals surface area contributed by atoms with Gasteiger partial charge in [0.15, 0.2) is 0 Å². The second kappa shape index (κ2) is 8.06. The summed E-state index contributed by atoms with van der Waals surface area (Å²) in [7, 11) is 0. The molecule has 0 aliphatic carbocycles. The molecule has 2 N–H and O–H groups in total. The first-order valence-electron chi connectivity index (χ1n) is 8.32. The van der Waals surface area contributed by atoms with Gasteiger partial charge in [-0.25, -0.2) is 0 Å². The summed E-state index contributed by atoms with van der Waals surface area (Å²) in [6, 6.07) is 8.47. The zero-order valence-corrected chi connectivity index (χ0v) is 14.8. The molecule has 0 amide bonds. The minimum absolute atomic E-state index is 0.0301. The van der Waals surface area contributed by atoms with Crippen molar-refractivity contribution in [2.24, 2.45) is 10.9 Å². The number of aryl methyl sites for hydroxylation is 1. The second-order valence-electron chi connectivity index (χ2n) is 6.58. The molecule has 0 fully saturated rings. The molecule has 1 heterocycles. The topological polar surface area (TPSA) is 65.7 Å². The fourth-order valence-corrected chi connectivity index (χ4v) is 2.60. The Balaban J connectivity index is 2.19. The number of benzene rings is 1. The van der Waals surface area contributed by atoms with Gasteiger partial charge in [0.2, 0.25) is 0 Å². The standard InChI is InChI=1S/C20H26N2O2/c1-13(2)9-16-5-7-17(8-6-16)14(3)22-11-19-18(12-23)10-21-15(4)20(19)24/h5-8,10-11,13-14,23-24H,9,12H2,1-4H3/t14-/m1/s1.